The van der Waals surface area contributed by atoms with Crippen molar-refractivity contribution in [3.8, 4) is 34.3 Å². The summed E-state index contributed by atoms with van der Waals surface area (Å²) in [6, 6.07) is 14.8. The van der Waals surface area contributed by atoms with Crippen molar-refractivity contribution < 1.29 is 9.84 Å². The smallest absolute Gasteiger partial charge is 0.167 e. The van der Waals surface area contributed by atoms with Gasteiger partial charge >= 0.3 is 0 Å². The number of hydrogen-bond acceptors (Lipinski definition) is 5. The van der Waals surface area contributed by atoms with Gasteiger partial charge in [0.1, 0.15) is 17.8 Å². The first-order valence-electron chi connectivity index (χ1n) is 7.98. The van der Waals surface area contributed by atoms with Gasteiger partial charge in [0.05, 0.1) is 12.2 Å². The van der Waals surface area contributed by atoms with E-state index in [1.807, 2.05) is 36.4 Å². The molecule has 0 aliphatic heterocycles. The Morgan fingerprint density at radius 1 is 1.00 bits per heavy atom. The molecular formula is C19H19N3O2. The fourth-order valence-electron chi connectivity index (χ4n) is 2.28. The Balaban J connectivity index is 1.86. The van der Waals surface area contributed by atoms with Crippen LogP contribution >= 0.6 is 0 Å². The summed E-state index contributed by atoms with van der Waals surface area (Å²) in [5, 5.41) is 10.3. The average Bonchev–Trinajstić information content (AvgIpc) is 2.63. The number of phenols is 1. The maximum atomic E-state index is 10.3. The first-order chi connectivity index (χ1) is 11.8. The maximum Gasteiger partial charge on any atom is 0.167 e. The van der Waals surface area contributed by atoms with Crippen LogP contribution in [0.4, 0.5) is 0 Å². The van der Waals surface area contributed by atoms with Crippen LogP contribution in [0.1, 0.15) is 19.8 Å². The zero-order valence-corrected chi connectivity index (χ0v) is 13.5. The summed E-state index contributed by atoms with van der Waals surface area (Å²) in [4.78, 5) is 12.8. The van der Waals surface area contributed by atoms with Crippen molar-refractivity contribution in [2.45, 2.75) is 19.8 Å². The SMILES string of the molecule is CCCCOc1ccc(-c2ncnc(-c3ccccc3)n2)c(O)c1. The van der Waals surface area contributed by atoms with E-state index < -0.39 is 0 Å². The van der Waals surface area contributed by atoms with E-state index in [2.05, 4.69) is 21.9 Å². The average molecular weight is 321 g/mol. The Morgan fingerprint density at radius 3 is 2.54 bits per heavy atom. The lowest BCUT2D eigenvalue weighted by molar-refractivity contribution is 0.307. The fraction of sp³-hybridized carbons (Fsp3) is 0.211. The zero-order chi connectivity index (χ0) is 16.8. The number of phenolic OH excluding ortho intramolecular Hbond substituents is 1. The quantitative estimate of drug-likeness (QED) is 0.693. The van der Waals surface area contributed by atoms with Crippen LogP contribution in [0, 0.1) is 0 Å². The first kappa shape index (κ1) is 15.9. The van der Waals surface area contributed by atoms with Crippen molar-refractivity contribution in [2.75, 3.05) is 6.61 Å². The van der Waals surface area contributed by atoms with E-state index in [0.29, 0.717) is 29.6 Å². The van der Waals surface area contributed by atoms with Crippen LogP contribution < -0.4 is 4.74 Å². The lowest BCUT2D eigenvalue weighted by atomic mass is 10.1. The number of nitrogens with zero attached hydrogens (tertiary/aromatic N) is 3. The predicted molar refractivity (Wildman–Crippen MR) is 92.8 cm³/mol. The lowest BCUT2D eigenvalue weighted by Gasteiger charge is -2.09. The maximum absolute atomic E-state index is 10.3. The van der Waals surface area contributed by atoms with Crippen LogP contribution in [0.2, 0.25) is 0 Å². The Labute approximate surface area is 141 Å². The molecule has 0 bridgehead atoms. The molecule has 5 heteroatoms. The van der Waals surface area contributed by atoms with Crippen LogP contribution in [0.25, 0.3) is 22.8 Å². The topological polar surface area (TPSA) is 68.1 Å². The molecule has 0 saturated heterocycles. The second-order valence-corrected chi connectivity index (χ2v) is 5.38. The summed E-state index contributed by atoms with van der Waals surface area (Å²) in [6.45, 7) is 2.74. The molecule has 3 aromatic rings. The van der Waals surface area contributed by atoms with Gasteiger partial charge in [0, 0.05) is 11.6 Å². The third-order valence-electron chi connectivity index (χ3n) is 3.58. The lowest BCUT2D eigenvalue weighted by Crippen LogP contribution is -1.98. The molecule has 0 spiro atoms. The third-order valence-corrected chi connectivity index (χ3v) is 3.58. The molecule has 0 aliphatic carbocycles. The molecule has 2 aromatic carbocycles. The summed E-state index contributed by atoms with van der Waals surface area (Å²) in [7, 11) is 0. The van der Waals surface area contributed by atoms with E-state index in [-0.39, 0.29) is 5.75 Å². The number of rotatable bonds is 6. The summed E-state index contributed by atoms with van der Waals surface area (Å²) >= 11 is 0. The predicted octanol–water partition coefficient (Wildman–Crippen LogP) is 4.09. The van der Waals surface area contributed by atoms with Crippen LogP contribution in [0.3, 0.4) is 0 Å². The van der Waals surface area contributed by atoms with Crippen molar-refractivity contribution in [1.29, 1.82) is 0 Å². The normalized spacial score (nSPS) is 10.5. The van der Waals surface area contributed by atoms with Gasteiger partial charge in [0.2, 0.25) is 0 Å². The van der Waals surface area contributed by atoms with Crippen LogP contribution in [0.15, 0.2) is 54.9 Å². The molecule has 0 radical (unpaired) electrons. The molecule has 0 aliphatic rings. The van der Waals surface area contributed by atoms with E-state index >= 15 is 0 Å². The van der Waals surface area contributed by atoms with Gasteiger partial charge in [-0.25, -0.2) is 15.0 Å². The van der Waals surface area contributed by atoms with Gasteiger partial charge in [0.25, 0.3) is 0 Å². The van der Waals surface area contributed by atoms with Gasteiger partial charge in [0.15, 0.2) is 11.6 Å². The number of aromatic hydroxyl groups is 1. The van der Waals surface area contributed by atoms with E-state index in [4.69, 9.17) is 4.74 Å². The Morgan fingerprint density at radius 2 is 1.79 bits per heavy atom. The highest BCUT2D eigenvalue weighted by atomic mass is 16.5. The molecule has 1 N–H and O–H groups in total. The van der Waals surface area contributed by atoms with Crippen molar-refractivity contribution in [1.82, 2.24) is 15.0 Å². The molecule has 24 heavy (non-hydrogen) atoms. The summed E-state index contributed by atoms with van der Waals surface area (Å²) < 4.78 is 5.60. The molecule has 1 aromatic heterocycles. The second kappa shape index (κ2) is 7.55. The van der Waals surface area contributed by atoms with Gasteiger partial charge in [-0.15, -0.1) is 0 Å². The van der Waals surface area contributed by atoms with Crippen LogP contribution in [-0.4, -0.2) is 26.7 Å². The molecule has 0 unspecified atom stereocenters. The summed E-state index contributed by atoms with van der Waals surface area (Å²) in [5.74, 6) is 1.74. The minimum atomic E-state index is 0.0919. The van der Waals surface area contributed by atoms with Gasteiger partial charge in [-0.1, -0.05) is 43.7 Å². The number of ether oxygens (including phenoxy) is 1. The number of hydrogen-bond donors (Lipinski definition) is 1. The van der Waals surface area contributed by atoms with Crippen LogP contribution in [-0.2, 0) is 0 Å². The molecule has 0 atom stereocenters. The van der Waals surface area contributed by atoms with Gasteiger partial charge in [-0.3, -0.25) is 0 Å². The first-order valence-corrected chi connectivity index (χ1v) is 7.98. The highest BCUT2D eigenvalue weighted by Crippen LogP contribution is 2.31. The standard InChI is InChI=1S/C19H19N3O2/c1-2-3-11-24-15-9-10-16(17(23)12-15)19-21-13-20-18(22-19)14-7-5-4-6-8-14/h4-10,12-13,23H,2-3,11H2,1H3. The Hall–Kier alpha value is -2.95. The fourth-order valence-corrected chi connectivity index (χ4v) is 2.28. The third kappa shape index (κ3) is 3.68. The number of aromatic nitrogens is 3. The van der Waals surface area contributed by atoms with Crippen molar-refractivity contribution in [3.05, 3.63) is 54.9 Å². The van der Waals surface area contributed by atoms with E-state index in [9.17, 15) is 5.11 Å². The summed E-state index contributed by atoms with van der Waals surface area (Å²) in [5.41, 5.74) is 1.46. The molecule has 5 nitrogen and oxygen atoms in total. The van der Waals surface area contributed by atoms with E-state index in [0.717, 1.165) is 18.4 Å². The monoisotopic (exact) mass is 321 g/mol. The number of unbranched alkanes of at least 4 members (excludes halogenated alkanes) is 1. The van der Waals surface area contributed by atoms with Gasteiger partial charge in [-0.05, 0) is 18.6 Å². The van der Waals surface area contributed by atoms with E-state index in [1.54, 1.807) is 12.1 Å². The van der Waals surface area contributed by atoms with Crippen molar-refractivity contribution in [2.24, 2.45) is 0 Å². The summed E-state index contributed by atoms with van der Waals surface area (Å²) in [6.07, 6.45) is 3.50. The molecular weight excluding hydrogens is 302 g/mol. The minimum Gasteiger partial charge on any atom is -0.507 e. The number of benzene rings is 2. The van der Waals surface area contributed by atoms with Crippen molar-refractivity contribution in [3.63, 3.8) is 0 Å². The Bertz CT molecular complexity index is 807. The second-order valence-electron chi connectivity index (χ2n) is 5.38. The highest BCUT2D eigenvalue weighted by molar-refractivity contribution is 5.67. The minimum absolute atomic E-state index is 0.0919. The highest BCUT2D eigenvalue weighted by Gasteiger charge is 2.11. The largest absolute Gasteiger partial charge is 0.507 e. The molecule has 0 amide bonds. The van der Waals surface area contributed by atoms with Crippen molar-refractivity contribution >= 4 is 0 Å². The molecule has 122 valence electrons. The molecule has 3 rings (SSSR count). The molecule has 1 heterocycles. The Kier molecular flexibility index (Phi) is 5.01. The molecule has 0 saturated carbocycles. The molecule has 0 fully saturated rings. The van der Waals surface area contributed by atoms with E-state index in [1.165, 1.54) is 6.33 Å². The van der Waals surface area contributed by atoms with Crippen LogP contribution in [0.5, 0.6) is 11.5 Å². The zero-order valence-electron chi connectivity index (χ0n) is 13.5. The van der Waals surface area contributed by atoms with Gasteiger partial charge < -0.3 is 9.84 Å². The van der Waals surface area contributed by atoms with Gasteiger partial charge in [-0.2, -0.15) is 0 Å².